The first-order chi connectivity index (χ1) is 9.90. The highest BCUT2D eigenvalue weighted by Crippen LogP contribution is 2.08. The van der Waals surface area contributed by atoms with Gasteiger partial charge in [0.1, 0.15) is 0 Å². The molecule has 0 bridgehead atoms. The number of benzene rings is 1. The van der Waals surface area contributed by atoms with Gasteiger partial charge in [-0.15, -0.1) is 24.0 Å². The summed E-state index contributed by atoms with van der Waals surface area (Å²) in [6.07, 6.45) is 1.82. The first-order valence-corrected chi connectivity index (χ1v) is 8.81. The predicted molar refractivity (Wildman–Crippen MR) is 103 cm³/mol. The molecule has 0 radical (unpaired) electrons. The molecule has 1 rings (SSSR count). The fourth-order valence-corrected chi connectivity index (χ4v) is 2.20. The molecule has 3 N–H and O–H groups in total. The number of nitrogens with zero attached hydrogens (tertiary/aromatic N) is 1. The van der Waals surface area contributed by atoms with E-state index in [9.17, 15) is 8.42 Å². The summed E-state index contributed by atoms with van der Waals surface area (Å²) in [6, 6.07) is 7.56. The highest BCUT2D eigenvalue weighted by molar-refractivity contribution is 14.0. The van der Waals surface area contributed by atoms with Gasteiger partial charge >= 0.3 is 0 Å². The Kier molecular flexibility index (Phi) is 10.7. The smallest absolute Gasteiger partial charge is 0.208 e. The van der Waals surface area contributed by atoms with E-state index in [2.05, 4.69) is 20.3 Å². The summed E-state index contributed by atoms with van der Waals surface area (Å²) in [6.45, 7) is 1.67. The molecule has 0 aliphatic carbocycles. The van der Waals surface area contributed by atoms with E-state index in [4.69, 9.17) is 11.6 Å². The fourth-order valence-electron chi connectivity index (χ4n) is 1.56. The van der Waals surface area contributed by atoms with E-state index in [1.54, 1.807) is 7.05 Å². The van der Waals surface area contributed by atoms with Crippen LogP contribution in [0.2, 0.25) is 5.02 Å². The molecule has 0 aliphatic rings. The maximum atomic E-state index is 10.9. The number of halogens is 2. The monoisotopic (exact) mass is 460 g/mol. The first-order valence-electron chi connectivity index (χ1n) is 6.54. The molecule has 1 aromatic rings. The van der Waals surface area contributed by atoms with Crippen LogP contribution in [0.5, 0.6) is 0 Å². The number of sulfonamides is 1. The molecule has 0 aliphatic heterocycles. The Morgan fingerprint density at radius 3 is 2.36 bits per heavy atom. The van der Waals surface area contributed by atoms with Gasteiger partial charge in [-0.05, 0) is 24.1 Å². The van der Waals surface area contributed by atoms with Crippen LogP contribution in [-0.4, -0.2) is 40.8 Å². The normalized spacial score (nSPS) is 11.7. The van der Waals surface area contributed by atoms with Gasteiger partial charge in [-0.25, -0.2) is 13.1 Å². The molecular weight excluding hydrogens is 439 g/mol. The van der Waals surface area contributed by atoms with Gasteiger partial charge in [-0.2, -0.15) is 0 Å². The zero-order valence-corrected chi connectivity index (χ0v) is 16.5. The molecule has 22 heavy (non-hydrogen) atoms. The summed E-state index contributed by atoms with van der Waals surface area (Å²) in [5, 5.41) is 6.99. The highest BCUT2D eigenvalue weighted by atomic mass is 127. The lowest BCUT2D eigenvalue weighted by atomic mass is 10.2. The second kappa shape index (κ2) is 11.0. The fraction of sp³-hybridized carbons (Fsp3) is 0.462. The Morgan fingerprint density at radius 1 is 1.18 bits per heavy atom. The number of rotatable bonds is 7. The summed E-state index contributed by atoms with van der Waals surface area (Å²) < 4.78 is 24.2. The minimum Gasteiger partial charge on any atom is -0.356 e. The van der Waals surface area contributed by atoms with E-state index in [-0.39, 0.29) is 24.0 Å². The highest BCUT2D eigenvalue weighted by Gasteiger charge is 2.00. The van der Waals surface area contributed by atoms with Gasteiger partial charge in [0.15, 0.2) is 5.96 Å². The van der Waals surface area contributed by atoms with Gasteiger partial charge in [0.25, 0.3) is 0 Å². The molecule has 0 heterocycles. The van der Waals surface area contributed by atoms with Gasteiger partial charge < -0.3 is 10.6 Å². The van der Waals surface area contributed by atoms with Crippen LogP contribution >= 0.6 is 35.6 Å². The van der Waals surface area contributed by atoms with Crippen LogP contribution in [-0.2, 0) is 16.6 Å². The summed E-state index contributed by atoms with van der Waals surface area (Å²) >= 11 is 5.83. The molecule has 0 saturated carbocycles. The van der Waals surface area contributed by atoms with Crippen LogP contribution in [0.1, 0.15) is 12.0 Å². The molecule has 1 aromatic carbocycles. The third-order valence-electron chi connectivity index (χ3n) is 2.61. The Hall–Kier alpha value is -0.580. The maximum Gasteiger partial charge on any atom is 0.208 e. The molecule has 0 saturated heterocycles. The standard InChI is InChI=1S/C13H21ClN4O2S.HI/c1-15-13(16-8-3-9-18-21(2,19)20)17-10-11-4-6-12(14)7-5-11;/h4-7,18H,3,8-10H2,1-2H3,(H2,15,16,17);1H. The maximum absolute atomic E-state index is 10.9. The molecule has 0 unspecified atom stereocenters. The summed E-state index contributed by atoms with van der Waals surface area (Å²) in [7, 11) is -1.43. The lowest BCUT2D eigenvalue weighted by Crippen LogP contribution is -2.38. The minimum atomic E-state index is -3.11. The van der Waals surface area contributed by atoms with E-state index in [1.165, 1.54) is 0 Å². The minimum absolute atomic E-state index is 0. The van der Waals surface area contributed by atoms with Crippen LogP contribution in [0.25, 0.3) is 0 Å². The first kappa shape index (κ1) is 21.4. The Bertz CT molecular complexity index is 564. The average Bonchev–Trinajstić information content (AvgIpc) is 2.42. The zero-order chi connectivity index (χ0) is 15.7. The Balaban J connectivity index is 0.00000441. The van der Waals surface area contributed by atoms with Crippen molar-refractivity contribution in [2.24, 2.45) is 4.99 Å². The molecule has 9 heteroatoms. The largest absolute Gasteiger partial charge is 0.356 e. The van der Waals surface area contributed by atoms with Gasteiger partial charge in [0.2, 0.25) is 10.0 Å². The SMILES string of the molecule is CN=C(NCCCNS(C)(=O)=O)NCc1ccc(Cl)cc1.I. The van der Waals surface area contributed by atoms with E-state index in [0.29, 0.717) is 37.0 Å². The van der Waals surface area contributed by atoms with Gasteiger partial charge in [0.05, 0.1) is 6.26 Å². The number of hydrogen-bond donors (Lipinski definition) is 3. The van der Waals surface area contributed by atoms with Gasteiger partial charge in [-0.1, -0.05) is 23.7 Å². The second-order valence-corrected chi connectivity index (χ2v) is 6.77. The third kappa shape index (κ3) is 10.2. The van der Waals surface area contributed by atoms with Gasteiger partial charge in [0, 0.05) is 31.7 Å². The molecule has 0 spiro atoms. The van der Waals surface area contributed by atoms with Crippen LogP contribution in [0.15, 0.2) is 29.3 Å². The number of hydrogen-bond acceptors (Lipinski definition) is 3. The van der Waals surface area contributed by atoms with Crippen molar-refractivity contribution in [2.75, 3.05) is 26.4 Å². The molecule has 0 amide bonds. The van der Waals surface area contributed by atoms with Crippen LogP contribution in [0.3, 0.4) is 0 Å². The van der Waals surface area contributed by atoms with Crippen molar-refractivity contribution < 1.29 is 8.42 Å². The molecule has 0 fully saturated rings. The number of guanidine groups is 1. The lowest BCUT2D eigenvalue weighted by molar-refractivity contribution is 0.584. The van der Waals surface area contributed by atoms with E-state index >= 15 is 0 Å². The molecule has 0 aromatic heterocycles. The zero-order valence-electron chi connectivity index (χ0n) is 12.6. The molecule has 0 atom stereocenters. The average molecular weight is 461 g/mol. The van der Waals surface area contributed by atoms with Crippen molar-refractivity contribution in [1.82, 2.24) is 15.4 Å². The van der Waals surface area contributed by atoms with Crippen LogP contribution in [0.4, 0.5) is 0 Å². The van der Waals surface area contributed by atoms with E-state index < -0.39 is 10.0 Å². The Labute approximate surface area is 154 Å². The quantitative estimate of drug-likeness (QED) is 0.250. The summed E-state index contributed by atoms with van der Waals surface area (Å²) in [5.74, 6) is 0.671. The van der Waals surface area contributed by atoms with E-state index in [1.807, 2.05) is 24.3 Å². The predicted octanol–water partition coefficient (Wildman–Crippen LogP) is 1.56. The molecular formula is C13H22ClIN4O2S. The number of aliphatic imine (C=N–C) groups is 1. The molecule has 126 valence electrons. The third-order valence-corrected chi connectivity index (χ3v) is 3.59. The topological polar surface area (TPSA) is 82.6 Å². The van der Waals surface area contributed by atoms with Crippen molar-refractivity contribution in [3.05, 3.63) is 34.9 Å². The van der Waals surface area contributed by atoms with E-state index in [0.717, 1.165) is 11.8 Å². The van der Waals surface area contributed by atoms with Crippen LogP contribution < -0.4 is 15.4 Å². The summed E-state index contributed by atoms with van der Waals surface area (Å²) in [5.41, 5.74) is 1.10. The molecule has 6 nitrogen and oxygen atoms in total. The van der Waals surface area contributed by atoms with Crippen LogP contribution in [0, 0.1) is 0 Å². The van der Waals surface area contributed by atoms with Crippen molar-refractivity contribution in [3.63, 3.8) is 0 Å². The van der Waals surface area contributed by atoms with Crippen molar-refractivity contribution in [2.45, 2.75) is 13.0 Å². The van der Waals surface area contributed by atoms with Crippen molar-refractivity contribution >= 4 is 51.6 Å². The van der Waals surface area contributed by atoms with Gasteiger partial charge in [-0.3, -0.25) is 4.99 Å². The summed E-state index contributed by atoms with van der Waals surface area (Å²) in [4.78, 5) is 4.10. The lowest BCUT2D eigenvalue weighted by Gasteiger charge is -2.12. The number of nitrogens with one attached hydrogen (secondary N) is 3. The Morgan fingerprint density at radius 2 is 1.82 bits per heavy atom. The van der Waals surface area contributed by atoms with Crippen molar-refractivity contribution in [3.8, 4) is 0 Å². The second-order valence-electron chi connectivity index (χ2n) is 4.50. The van der Waals surface area contributed by atoms with Crippen molar-refractivity contribution in [1.29, 1.82) is 0 Å².